The van der Waals surface area contributed by atoms with Crippen LogP contribution in [0, 0.1) is 5.92 Å². The molecule has 0 aliphatic carbocycles. The second-order valence-corrected chi connectivity index (χ2v) is 5.10. The minimum Gasteiger partial charge on any atom is -0.477 e. The molecule has 0 saturated heterocycles. The summed E-state index contributed by atoms with van der Waals surface area (Å²) < 4.78 is 10.6. The molecular weight excluding hydrogens is 258 g/mol. The minimum absolute atomic E-state index is 0.240. The van der Waals surface area contributed by atoms with E-state index in [1.54, 1.807) is 0 Å². The first-order valence-electron chi connectivity index (χ1n) is 5.88. The largest absolute Gasteiger partial charge is 0.477 e. The Kier molecular flexibility index (Phi) is 11.3. The van der Waals surface area contributed by atoms with Crippen molar-refractivity contribution < 1.29 is 14.6 Å². The quantitative estimate of drug-likeness (QED) is 0.319. The van der Waals surface area contributed by atoms with Crippen LogP contribution in [0.4, 0.5) is 0 Å². The maximum Gasteiger partial charge on any atom is 0.216 e. The van der Waals surface area contributed by atoms with E-state index in [2.05, 4.69) is 44.0 Å². The number of rotatable bonds is 10. The van der Waals surface area contributed by atoms with Gasteiger partial charge in [-0.25, -0.2) is 0 Å². The van der Waals surface area contributed by atoms with Gasteiger partial charge in [-0.1, -0.05) is 32.9 Å². The molecular formula is C11H23NO3S2. The third-order valence-corrected chi connectivity index (χ3v) is 2.54. The maximum atomic E-state index is 9.57. The molecule has 4 nitrogen and oxygen atoms in total. The molecule has 0 aliphatic heterocycles. The summed E-state index contributed by atoms with van der Waals surface area (Å²) >= 11 is 8.46. The van der Waals surface area contributed by atoms with E-state index < -0.39 is 6.10 Å². The van der Waals surface area contributed by atoms with E-state index in [-0.39, 0.29) is 4.38 Å². The van der Waals surface area contributed by atoms with Gasteiger partial charge in [-0.2, -0.15) is 0 Å². The van der Waals surface area contributed by atoms with Crippen molar-refractivity contribution in [3.63, 3.8) is 0 Å². The SMILES string of the molecule is CCC(C)COCC(O)CNCCOC(=S)S. The van der Waals surface area contributed by atoms with Gasteiger partial charge in [-0.05, 0) is 18.1 Å². The first-order chi connectivity index (χ1) is 8.06. The molecule has 17 heavy (non-hydrogen) atoms. The lowest BCUT2D eigenvalue weighted by atomic mass is 10.1. The van der Waals surface area contributed by atoms with Crippen LogP contribution in [0.15, 0.2) is 0 Å². The van der Waals surface area contributed by atoms with Gasteiger partial charge in [0.1, 0.15) is 6.61 Å². The molecule has 2 N–H and O–H groups in total. The van der Waals surface area contributed by atoms with Gasteiger partial charge >= 0.3 is 0 Å². The summed E-state index contributed by atoms with van der Waals surface area (Å²) in [6.07, 6.45) is 0.608. The third-order valence-electron chi connectivity index (χ3n) is 2.29. The van der Waals surface area contributed by atoms with Crippen LogP contribution < -0.4 is 5.32 Å². The Morgan fingerprint density at radius 3 is 2.76 bits per heavy atom. The molecule has 0 bridgehead atoms. The molecule has 102 valence electrons. The summed E-state index contributed by atoms with van der Waals surface area (Å²) in [4.78, 5) is 0. The van der Waals surface area contributed by atoms with Crippen molar-refractivity contribution >= 4 is 29.2 Å². The summed E-state index contributed by atoms with van der Waals surface area (Å²) in [5.41, 5.74) is 0. The fourth-order valence-corrected chi connectivity index (χ4v) is 1.24. The van der Waals surface area contributed by atoms with Gasteiger partial charge < -0.3 is 19.9 Å². The van der Waals surface area contributed by atoms with Gasteiger partial charge in [0.15, 0.2) is 0 Å². The van der Waals surface area contributed by atoms with Gasteiger partial charge in [0.2, 0.25) is 4.38 Å². The molecule has 6 heteroatoms. The second-order valence-electron chi connectivity index (χ2n) is 4.02. The van der Waals surface area contributed by atoms with Crippen LogP contribution in [-0.2, 0) is 9.47 Å². The Labute approximate surface area is 114 Å². The highest BCUT2D eigenvalue weighted by atomic mass is 32.1. The maximum absolute atomic E-state index is 9.57. The van der Waals surface area contributed by atoms with Crippen molar-refractivity contribution in [1.29, 1.82) is 0 Å². The summed E-state index contributed by atoms with van der Waals surface area (Å²) in [5, 5.41) is 12.6. The Balaban J connectivity index is 3.28. The Bertz CT molecular complexity index is 205. The van der Waals surface area contributed by atoms with Gasteiger partial charge in [0.05, 0.1) is 12.7 Å². The van der Waals surface area contributed by atoms with E-state index in [1.807, 2.05) is 0 Å². The smallest absolute Gasteiger partial charge is 0.216 e. The minimum atomic E-state index is -0.484. The lowest BCUT2D eigenvalue weighted by Crippen LogP contribution is -2.33. The average molecular weight is 281 g/mol. The molecule has 0 spiro atoms. The zero-order chi connectivity index (χ0) is 13.1. The summed E-state index contributed by atoms with van der Waals surface area (Å²) in [6.45, 7) is 6.89. The van der Waals surface area contributed by atoms with Crippen molar-refractivity contribution in [2.24, 2.45) is 5.92 Å². The molecule has 0 aliphatic rings. The lowest BCUT2D eigenvalue weighted by molar-refractivity contribution is 0.0232. The van der Waals surface area contributed by atoms with Crippen molar-refractivity contribution in [1.82, 2.24) is 5.32 Å². The van der Waals surface area contributed by atoms with E-state index >= 15 is 0 Å². The molecule has 0 aromatic heterocycles. The van der Waals surface area contributed by atoms with E-state index in [9.17, 15) is 5.11 Å². The van der Waals surface area contributed by atoms with Crippen LogP contribution in [0.5, 0.6) is 0 Å². The van der Waals surface area contributed by atoms with Crippen LogP contribution >= 0.6 is 24.8 Å². The topological polar surface area (TPSA) is 50.7 Å². The van der Waals surface area contributed by atoms with Gasteiger partial charge in [0.25, 0.3) is 0 Å². The van der Waals surface area contributed by atoms with Crippen molar-refractivity contribution in [2.75, 3.05) is 32.9 Å². The highest BCUT2D eigenvalue weighted by Gasteiger charge is 2.05. The zero-order valence-electron chi connectivity index (χ0n) is 10.5. The number of ether oxygens (including phenoxy) is 2. The number of thiocarbonyl (C=S) groups is 1. The molecule has 0 saturated carbocycles. The molecule has 0 radical (unpaired) electrons. The third kappa shape index (κ3) is 12.4. The predicted octanol–water partition coefficient (Wildman–Crippen LogP) is 1.23. The summed E-state index contributed by atoms with van der Waals surface area (Å²) in [6, 6.07) is 0. The summed E-state index contributed by atoms with van der Waals surface area (Å²) in [7, 11) is 0. The van der Waals surface area contributed by atoms with Crippen LogP contribution in [0.25, 0.3) is 0 Å². The van der Waals surface area contributed by atoms with Gasteiger partial charge in [-0.3, -0.25) is 0 Å². The Hall–Kier alpha value is 0.120. The Morgan fingerprint density at radius 2 is 2.18 bits per heavy atom. The highest BCUT2D eigenvalue weighted by molar-refractivity contribution is 8.10. The standard InChI is InChI=1S/C11H23NO3S2/c1-3-9(2)7-14-8-10(13)6-12-4-5-15-11(16)17/h9-10,12-13H,3-8H2,1-2H3,(H,16,17). The van der Waals surface area contributed by atoms with Crippen LogP contribution in [-0.4, -0.2) is 48.5 Å². The molecule has 0 heterocycles. The number of aliphatic hydroxyl groups is 1. The lowest BCUT2D eigenvalue weighted by Gasteiger charge is -2.14. The normalized spacial score (nSPS) is 14.4. The van der Waals surface area contributed by atoms with Crippen LogP contribution in [0.1, 0.15) is 20.3 Å². The first-order valence-corrected chi connectivity index (χ1v) is 6.74. The van der Waals surface area contributed by atoms with Crippen molar-refractivity contribution in [2.45, 2.75) is 26.4 Å². The second kappa shape index (κ2) is 11.2. The number of hydrogen-bond acceptors (Lipinski definition) is 5. The molecule has 0 fully saturated rings. The van der Waals surface area contributed by atoms with E-state index in [1.165, 1.54) is 0 Å². The molecule has 2 unspecified atom stereocenters. The van der Waals surface area contributed by atoms with E-state index in [0.717, 1.165) is 6.42 Å². The predicted molar refractivity (Wildman–Crippen MR) is 76.7 cm³/mol. The fraction of sp³-hybridized carbons (Fsp3) is 0.909. The molecule has 2 atom stereocenters. The number of thiol groups is 1. The van der Waals surface area contributed by atoms with Crippen molar-refractivity contribution in [3.05, 3.63) is 0 Å². The Morgan fingerprint density at radius 1 is 1.47 bits per heavy atom. The highest BCUT2D eigenvalue weighted by Crippen LogP contribution is 2.00. The number of aliphatic hydroxyl groups excluding tert-OH is 1. The number of hydrogen-bond donors (Lipinski definition) is 3. The molecule has 0 aromatic rings. The van der Waals surface area contributed by atoms with Crippen LogP contribution in [0.3, 0.4) is 0 Å². The average Bonchev–Trinajstić information content (AvgIpc) is 2.27. The molecule has 0 amide bonds. The van der Waals surface area contributed by atoms with E-state index in [0.29, 0.717) is 38.8 Å². The monoisotopic (exact) mass is 281 g/mol. The van der Waals surface area contributed by atoms with E-state index in [4.69, 9.17) is 9.47 Å². The number of nitrogens with one attached hydrogen (secondary N) is 1. The fourth-order valence-electron chi connectivity index (χ4n) is 1.06. The zero-order valence-corrected chi connectivity index (χ0v) is 12.2. The molecule has 0 aromatic carbocycles. The summed E-state index contributed by atoms with van der Waals surface area (Å²) in [5.74, 6) is 0.542. The van der Waals surface area contributed by atoms with Crippen LogP contribution in [0.2, 0.25) is 0 Å². The molecule has 0 rings (SSSR count). The van der Waals surface area contributed by atoms with Crippen molar-refractivity contribution in [3.8, 4) is 0 Å². The first kappa shape index (κ1) is 17.1. The van der Waals surface area contributed by atoms with Gasteiger partial charge in [-0.15, -0.1) is 0 Å². The van der Waals surface area contributed by atoms with Gasteiger partial charge in [0, 0.05) is 19.7 Å².